The molecule has 0 atom stereocenters. The van der Waals surface area contributed by atoms with Gasteiger partial charge in [0.2, 0.25) is 5.91 Å². The summed E-state index contributed by atoms with van der Waals surface area (Å²) in [5, 5.41) is 0.575. The van der Waals surface area contributed by atoms with Crippen molar-refractivity contribution in [3.63, 3.8) is 0 Å². The van der Waals surface area contributed by atoms with Gasteiger partial charge in [0.25, 0.3) is 5.91 Å². The fourth-order valence-electron chi connectivity index (χ4n) is 4.47. The zero-order chi connectivity index (χ0) is 24.3. The molecular weight excluding hydrogens is 469 g/mol. The molecule has 0 radical (unpaired) electrons. The van der Waals surface area contributed by atoms with E-state index < -0.39 is 11.7 Å². The van der Waals surface area contributed by atoms with Gasteiger partial charge in [0.15, 0.2) is 0 Å². The first-order chi connectivity index (χ1) is 16.2. The number of alkyl halides is 3. The molecule has 2 aliphatic rings. The number of aromatic nitrogens is 1. The van der Waals surface area contributed by atoms with Crippen molar-refractivity contribution in [1.82, 2.24) is 14.8 Å². The van der Waals surface area contributed by atoms with Crippen LogP contribution in [0, 0.1) is 5.92 Å². The van der Waals surface area contributed by atoms with E-state index in [0.717, 1.165) is 12.3 Å². The summed E-state index contributed by atoms with van der Waals surface area (Å²) < 4.78 is 38.4. The van der Waals surface area contributed by atoms with Gasteiger partial charge in [-0.3, -0.25) is 9.59 Å². The first kappa shape index (κ1) is 24.3. The number of amides is 2. The van der Waals surface area contributed by atoms with Crippen molar-refractivity contribution in [3.8, 4) is 0 Å². The highest BCUT2D eigenvalue weighted by atomic mass is 35.5. The average Bonchev–Trinajstić information content (AvgIpc) is 3.10. The first-order valence-corrected chi connectivity index (χ1v) is 11.7. The van der Waals surface area contributed by atoms with Crippen LogP contribution in [0.3, 0.4) is 0 Å². The van der Waals surface area contributed by atoms with E-state index in [2.05, 4.69) is 4.98 Å². The number of rotatable bonds is 3. The summed E-state index contributed by atoms with van der Waals surface area (Å²) in [6.45, 7) is 3.26. The summed E-state index contributed by atoms with van der Waals surface area (Å²) in [6.07, 6.45) is -1.63. The molecule has 3 heterocycles. The van der Waals surface area contributed by atoms with Crippen molar-refractivity contribution in [2.75, 3.05) is 44.2 Å². The maximum Gasteiger partial charge on any atom is 0.417 e. The van der Waals surface area contributed by atoms with Crippen LogP contribution in [0.4, 0.5) is 19.0 Å². The number of hydrogen-bond donors (Lipinski definition) is 0. The van der Waals surface area contributed by atoms with Crippen molar-refractivity contribution < 1.29 is 22.8 Å². The van der Waals surface area contributed by atoms with Gasteiger partial charge in [-0.1, -0.05) is 11.6 Å². The number of hydrogen-bond acceptors (Lipinski definition) is 4. The molecule has 6 nitrogen and oxygen atoms in total. The van der Waals surface area contributed by atoms with Crippen molar-refractivity contribution in [2.24, 2.45) is 5.92 Å². The monoisotopic (exact) mass is 494 g/mol. The highest BCUT2D eigenvalue weighted by molar-refractivity contribution is 6.30. The molecule has 2 fully saturated rings. The van der Waals surface area contributed by atoms with Crippen molar-refractivity contribution in [1.29, 1.82) is 0 Å². The van der Waals surface area contributed by atoms with Gasteiger partial charge in [-0.25, -0.2) is 4.98 Å². The Kier molecular flexibility index (Phi) is 7.30. The van der Waals surface area contributed by atoms with Gasteiger partial charge < -0.3 is 14.7 Å². The minimum atomic E-state index is -4.41. The predicted octanol–water partition coefficient (Wildman–Crippen LogP) is 4.34. The number of halogens is 4. The Hall–Kier alpha value is -2.81. The third kappa shape index (κ3) is 5.63. The van der Waals surface area contributed by atoms with Crippen molar-refractivity contribution in [2.45, 2.75) is 25.4 Å². The molecule has 10 heteroatoms. The van der Waals surface area contributed by atoms with E-state index in [1.165, 1.54) is 6.07 Å². The Labute approximate surface area is 201 Å². The minimum absolute atomic E-state index is 0.0583. The molecule has 0 N–H and O–H groups in total. The van der Waals surface area contributed by atoms with E-state index in [0.29, 0.717) is 74.9 Å². The Morgan fingerprint density at radius 3 is 2.21 bits per heavy atom. The SMILES string of the molecule is O=C(c1ccc(Cl)cc1)N1CCC(C(=O)N2CCCN(c3ccc(C(F)(F)F)cn3)CC2)CC1. The predicted molar refractivity (Wildman–Crippen MR) is 123 cm³/mol. The number of likely N-dealkylation sites (tertiary alicyclic amines) is 1. The average molecular weight is 495 g/mol. The summed E-state index contributed by atoms with van der Waals surface area (Å²) in [4.78, 5) is 35.3. The summed E-state index contributed by atoms with van der Waals surface area (Å²) in [5.41, 5.74) is -0.192. The fourth-order valence-corrected chi connectivity index (χ4v) is 4.60. The zero-order valence-corrected chi connectivity index (χ0v) is 19.4. The standard InChI is InChI=1S/C24H26ClF3N4O2/c25-20-5-2-17(3-6-20)22(33)32-12-8-18(9-13-32)23(34)31-11-1-10-30(14-15-31)21-7-4-19(16-29-21)24(26,27)28/h2-7,16,18H,1,8-15H2. The zero-order valence-electron chi connectivity index (χ0n) is 18.6. The lowest BCUT2D eigenvalue weighted by atomic mass is 9.94. The minimum Gasteiger partial charge on any atom is -0.355 e. The highest BCUT2D eigenvalue weighted by Gasteiger charge is 2.33. The molecule has 0 bridgehead atoms. The quantitative estimate of drug-likeness (QED) is 0.637. The molecule has 4 rings (SSSR count). The van der Waals surface area contributed by atoms with Crippen LogP contribution in [0.1, 0.15) is 35.2 Å². The van der Waals surface area contributed by atoms with Gasteiger partial charge in [0.1, 0.15) is 5.82 Å². The van der Waals surface area contributed by atoms with E-state index in [1.807, 2.05) is 9.80 Å². The van der Waals surface area contributed by atoms with E-state index in [1.54, 1.807) is 29.2 Å². The van der Waals surface area contributed by atoms with Crippen LogP contribution < -0.4 is 4.90 Å². The molecule has 0 unspecified atom stereocenters. The number of anilines is 1. The molecule has 1 aromatic carbocycles. The maximum atomic E-state index is 13.1. The highest BCUT2D eigenvalue weighted by Crippen LogP contribution is 2.29. The molecular formula is C24H26ClF3N4O2. The van der Waals surface area contributed by atoms with Gasteiger partial charge in [-0.2, -0.15) is 13.2 Å². The van der Waals surface area contributed by atoms with Crippen LogP contribution in [0.25, 0.3) is 0 Å². The van der Waals surface area contributed by atoms with Gasteiger partial charge >= 0.3 is 6.18 Å². The van der Waals surface area contributed by atoms with E-state index in [9.17, 15) is 22.8 Å². The molecule has 34 heavy (non-hydrogen) atoms. The molecule has 0 saturated carbocycles. The Balaban J connectivity index is 1.29. The molecule has 182 valence electrons. The number of piperidine rings is 1. The van der Waals surface area contributed by atoms with Crippen LogP contribution in [0.5, 0.6) is 0 Å². The lowest BCUT2D eigenvalue weighted by molar-refractivity contribution is -0.138. The number of carbonyl (C=O) groups excluding carboxylic acids is 2. The van der Waals surface area contributed by atoms with E-state index >= 15 is 0 Å². The fraction of sp³-hybridized carbons (Fsp3) is 0.458. The summed E-state index contributed by atoms with van der Waals surface area (Å²) in [5.74, 6) is 0.374. The van der Waals surface area contributed by atoms with E-state index in [-0.39, 0.29) is 17.7 Å². The Bertz CT molecular complexity index is 1010. The van der Waals surface area contributed by atoms with Crippen LogP contribution >= 0.6 is 11.6 Å². The maximum absolute atomic E-state index is 13.1. The molecule has 0 spiro atoms. The normalized spacial score (nSPS) is 18.1. The Morgan fingerprint density at radius 1 is 0.882 bits per heavy atom. The lowest BCUT2D eigenvalue weighted by Gasteiger charge is -2.34. The van der Waals surface area contributed by atoms with Crippen LogP contribution in [-0.2, 0) is 11.0 Å². The Morgan fingerprint density at radius 2 is 1.59 bits per heavy atom. The van der Waals surface area contributed by atoms with Gasteiger partial charge in [-0.05, 0) is 55.7 Å². The number of pyridine rings is 1. The number of nitrogens with zero attached hydrogens (tertiary/aromatic N) is 4. The van der Waals surface area contributed by atoms with Gasteiger partial charge in [0.05, 0.1) is 5.56 Å². The van der Waals surface area contributed by atoms with Crippen LogP contribution in [0.15, 0.2) is 42.6 Å². The summed E-state index contributed by atoms with van der Waals surface area (Å²) in [6, 6.07) is 9.21. The third-order valence-electron chi connectivity index (χ3n) is 6.43. The van der Waals surface area contributed by atoms with Crippen molar-refractivity contribution in [3.05, 3.63) is 58.7 Å². The van der Waals surface area contributed by atoms with Crippen LogP contribution in [-0.4, -0.2) is 65.9 Å². The van der Waals surface area contributed by atoms with Gasteiger partial charge in [-0.15, -0.1) is 0 Å². The lowest BCUT2D eigenvalue weighted by Crippen LogP contribution is -2.45. The first-order valence-electron chi connectivity index (χ1n) is 11.3. The van der Waals surface area contributed by atoms with Gasteiger partial charge in [0, 0.05) is 62.0 Å². The number of benzene rings is 1. The molecule has 0 aliphatic carbocycles. The summed E-state index contributed by atoms with van der Waals surface area (Å²) >= 11 is 5.89. The molecule has 2 aliphatic heterocycles. The summed E-state index contributed by atoms with van der Waals surface area (Å²) in [7, 11) is 0. The third-order valence-corrected chi connectivity index (χ3v) is 6.68. The molecule has 1 aromatic heterocycles. The topological polar surface area (TPSA) is 56.8 Å². The molecule has 2 aromatic rings. The van der Waals surface area contributed by atoms with Crippen molar-refractivity contribution >= 4 is 29.2 Å². The second-order valence-electron chi connectivity index (χ2n) is 8.64. The molecule has 2 amide bonds. The van der Waals surface area contributed by atoms with E-state index in [4.69, 9.17) is 11.6 Å². The van der Waals surface area contributed by atoms with Crippen LogP contribution in [0.2, 0.25) is 5.02 Å². The molecule has 2 saturated heterocycles. The smallest absolute Gasteiger partial charge is 0.355 e. The number of carbonyl (C=O) groups is 2. The second-order valence-corrected chi connectivity index (χ2v) is 9.08. The largest absolute Gasteiger partial charge is 0.417 e. The second kappa shape index (κ2) is 10.2.